The van der Waals surface area contributed by atoms with Crippen molar-refractivity contribution < 1.29 is 9.18 Å². The van der Waals surface area contributed by atoms with Gasteiger partial charge in [-0.2, -0.15) is 0 Å². The Balaban J connectivity index is 1.66. The predicted molar refractivity (Wildman–Crippen MR) is 111 cm³/mol. The van der Waals surface area contributed by atoms with Crippen molar-refractivity contribution in [2.45, 2.75) is 71.0 Å². The summed E-state index contributed by atoms with van der Waals surface area (Å²) in [7, 11) is 0. The molecule has 1 N–H and O–H groups in total. The fourth-order valence-electron chi connectivity index (χ4n) is 3.89. The highest BCUT2D eigenvalue weighted by atomic mass is 19.1. The summed E-state index contributed by atoms with van der Waals surface area (Å²) in [6, 6.07) is 11.1. The molecule has 1 saturated carbocycles. The van der Waals surface area contributed by atoms with Gasteiger partial charge >= 0.3 is 6.03 Å². The van der Waals surface area contributed by atoms with Crippen LogP contribution in [0.25, 0.3) is 0 Å². The molecule has 1 aromatic heterocycles. The summed E-state index contributed by atoms with van der Waals surface area (Å²) in [5.41, 5.74) is 1.99. The van der Waals surface area contributed by atoms with E-state index >= 15 is 0 Å². The molecule has 0 bridgehead atoms. The molecule has 28 heavy (non-hydrogen) atoms. The van der Waals surface area contributed by atoms with E-state index in [1.165, 1.54) is 25.3 Å². The molecule has 0 spiro atoms. The van der Waals surface area contributed by atoms with E-state index in [1.54, 1.807) is 12.1 Å². The minimum Gasteiger partial charge on any atom is -0.345 e. The van der Waals surface area contributed by atoms with Crippen LogP contribution in [0.2, 0.25) is 0 Å². The molecule has 1 fully saturated rings. The maximum Gasteiger partial charge on any atom is 0.317 e. The lowest BCUT2D eigenvalue weighted by molar-refractivity contribution is 0.185. The van der Waals surface area contributed by atoms with Crippen molar-refractivity contribution in [2.24, 2.45) is 0 Å². The van der Waals surface area contributed by atoms with Gasteiger partial charge < -0.3 is 14.8 Å². The van der Waals surface area contributed by atoms with Crippen LogP contribution in [0.4, 0.5) is 9.18 Å². The molecule has 2 aromatic rings. The molecule has 152 valence electrons. The Hall–Kier alpha value is -2.30. The van der Waals surface area contributed by atoms with Crippen LogP contribution in [0.1, 0.15) is 63.1 Å². The smallest absolute Gasteiger partial charge is 0.317 e. The molecular formula is C23H32FN3O. The molecule has 0 unspecified atom stereocenters. The number of halogens is 1. The quantitative estimate of drug-likeness (QED) is 0.656. The second-order valence-electron chi connectivity index (χ2n) is 7.82. The van der Waals surface area contributed by atoms with Crippen LogP contribution in [0.15, 0.2) is 42.6 Å². The van der Waals surface area contributed by atoms with E-state index in [0.29, 0.717) is 19.1 Å². The maximum atomic E-state index is 13.5. The van der Waals surface area contributed by atoms with Crippen molar-refractivity contribution >= 4 is 6.03 Å². The summed E-state index contributed by atoms with van der Waals surface area (Å²) in [5, 5.41) is 3.25. The normalized spacial score (nSPS) is 14.8. The first-order chi connectivity index (χ1) is 13.7. The fraction of sp³-hybridized carbons (Fsp3) is 0.522. The van der Waals surface area contributed by atoms with Gasteiger partial charge in [-0.15, -0.1) is 0 Å². The first-order valence-corrected chi connectivity index (χ1v) is 10.6. The summed E-state index contributed by atoms with van der Waals surface area (Å²) < 4.78 is 15.6. The molecule has 1 aliphatic rings. The topological polar surface area (TPSA) is 37.3 Å². The van der Waals surface area contributed by atoms with Gasteiger partial charge in [0.2, 0.25) is 0 Å². The Morgan fingerprint density at radius 3 is 2.79 bits per heavy atom. The zero-order chi connectivity index (χ0) is 19.8. The molecule has 0 atom stereocenters. The number of nitrogens with zero attached hydrogens (tertiary/aromatic N) is 2. The summed E-state index contributed by atoms with van der Waals surface area (Å²) in [5.74, 6) is -0.220. The monoisotopic (exact) mass is 385 g/mol. The molecule has 0 radical (unpaired) electrons. The van der Waals surface area contributed by atoms with E-state index in [-0.39, 0.29) is 11.8 Å². The van der Waals surface area contributed by atoms with E-state index in [4.69, 9.17) is 0 Å². The third-order valence-corrected chi connectivity index (χ3v) is 5.52. The molecule has 0 aliphatic heterocycles. The van der Waals surface area contributed by atoms with Crippen molar-refractivity contribution in [1.29, 1.82) is 0 Å². The van der Waals surface area contributed by atoms with Gasteiger partial charge in [0, 0.05) is 31.0 Å². The number of amides is 2. The SMILES string of the molecule is CCCCN(Cc1cccn1Cc1cccc(F)c1)C(=O)NC1CCCCC1. The summed E-state index contributed by atoms with van der Waals surface area (Å²) in [6.07, 6.45) is 9.90. The van der Waals surface area contributed by atoms with Crippen LogP contribution in [0, 0.1) is 5.82 Å². The number of benzene rings is 1. The number of aromatic nitrogens is 1. The molecule has 3 rings (SSSR count). The van der Waals surface area contributed by atoms with Gasteiger partial charge in [0.1, 0.15) is 5.82 Å². The first kappa shape index (κ1) is 20.4. The fourth-order valence-corrected chi connectivity index (χ4v) is 3.89. The Morgan fingerprint density at radius 2 is 2.04 bits per heavy atom. The van der Waals surface area contributed by atoms with E-state index < -0.39 is 0 Å². The third kappa shape index (κ3) is 5.85. The standard InChI is InChI=1S/C23H32FN3O/c1-2-3-14-27(23(28)25-21-11-5-4-6-12-21)18-22-13-8-15-26(22)17-19-9-7-10-20(24)16-19/h7-10,13,15-16,21H,2-6,11-12,14,17-18H2,1H3,(H,25,28). The lowest BCUT2D eigenvalue weighted by atomic mass is 9.96. The first-order valence-electron chi connectivity index (χ1n) is 10.6. The molecule has 4 nitrogen and oxygen atoms in total. The average Bonchev–Trinajstić information content (AvgIpc) is 3.12. The van der Waals surface area contributed by atoms with Gasteiger partial charge in [-0.3, -0.25) is 0 Å². The van der Waals surface area contributed by atoms with E-state index in [1.807, 2.05) is 29.3 Å². The predicted octanol–water partition coefficient (Wildman–Crippen LogP) is 5.32. The van der Waals surface area contributed by atoms with Crippen LogP contribution in [0.3, 0.4) is 0 Å². The number of carbonyl (C=O) groups excluding carboxylic acids is 1. The Labute approximate surface area is 167 Å². The third-order valence-electron chi connectivity index (χ3n) is 5.52. The van der Waals surface area contributed by atoms with E-state index in [2.05, 4.69) is 16.8 Å². The van der Waals surface area contributed by atoms with Crippen LogP contribution in [0.5, 0.6) is 0 Å². The Kier molecular flexibility index (Phi) is 7.52. The summed E-state index contributed by atoms with van der Waals surface area (Å²) in [4.78, 5) is 14.8. The second-order valence-corrected chi connectivity index (χ2v) is 7.82. The van der Waals surface area contributed by atoms with Crippen molar-refractivity contribution in [3.63, 3.8) is 0 Å². The molecule has 0 saturated heterocycles. The van der Waals surface area contributed by atoms with Gasteiger partial charge in [0.25, 0.3) is 0 Å². The van der Waals surface area contributed by atoms with Crippen LogP contribution in [-0.4, -0.2) is 28.1 Å². The number of carbonyl (C=O) groups is 1. The van der Waals surface area contributed by atoms with Gasteiger partial charge in [0.05, 0.1) is 6.54 Å². The molecular weight excluding hydrogens is 353 g/mol. The minimum atomic E-state index is -0.220. The number of rotatable bonds is 8. The second kappa shape index (κ2) is 10.3. The van der Waals surface area contributed by atoms with Crippen LogP contribution >= 0.6 is 0 Å². The van der Waals surface area contributed by atoms with Crippen molar-refractivity contribution in [1.82, 2.24) is 14.8 Å². The lowest BCUT2D eigenvalue weighted by Crippen LogP contribution is -2.45. The molecule has 1 aliphatic carbocycles. The Bertz CT molecular complexity index is 752. The highest BCUT2D eigenvalue weighted by Gasteiger charge is 2.20. The van der Waals surface area contributed by atoms with E-state index in [9.17, 15) is 9.18 Å². The summed E-state index contributed by atoms with van der Waals surface area (Å²) in [6.45, 7) is 4.07. The minimum absolute atomic E-state index is 0.0406. The molecule has 5 heteroatoms. The van der Waals surface area contributed by atoms with Crippen molar-refractivity contribution in [3.05, 3.63) is 59.7 Å². The number of hydrogen-bond acceptors (Lipinski definition) is 1. The van der Waals surface area contributed by atoms with E-state index in [0.717, 1.165) is 43.5 Å². The maximum absolute atomic E-state index is 13.5. The number of nitrogens with one attached hydrogen (secondary N) is 1. The Morgan fingerprint density at radius 1 is 1.21 bits per heavy atom. The number of urea groups is 1. The highest BCUT2D eigenvalue weighted by molar-refractivity contribution is 5.74. The number of unbranched alkanes of at least 4 members (excludes halogenated alkanes) is 1. The van der Waals surface area contributed by atoms with Gasteiger partial charge in [-0.1, -0.05) is 44.7 Å². The molecule has 1 heterocycles. The zero-order valence-corrected chi connectivity index (χ0v) is 16.9. The molecule has 1 aromatic carbocycles. The van der Waals surface area contributed by atoms with Gasteiger partial charge in [-0.25, -0.2) is 9.18 Å². The molecule has 2 amide bonds. The van der Waals surface area contributed by atoms with Crippen LogP contribution in [-0.2, 0) is 13.1 Å². The summed E-state index contributed by atoms with van der Waals surface area (Å²) >= 11 is 0. The van der Waals surface area contributed by atoms with Crippen molar-refractivity contribution in [3.8, 4) is 0 Å². The largest absolute Gasteiger partial charge is 0.345 e. The van der Waals surface area contributed by atoms with Gasteiger partial charge in [0.15, 0.2) is 0 Å². The van der Waals surface area contributed by atoms with Gasteiger partial charge in [-0.05, 0) is 49.1 Å². The van der Waals surface area contributed by atoms with Crippen LogP contribution < -0.4 is 5.32 Å². The highest BCUT2D eigenvalue weighted by Crippen LogP contribution is 2.18. The zero-order valence-electron chi connectivity index (χ0n) is 16.9. The number of hydrogen-bond donors (Lipinski definition) is 1. The average molecular weight is 386 g/mol. The lowest BCUT2D eigenvalue weighted by Gasteiger charge is -2.29. The van der Waals surface area contributed by atoms with Crippen molar-refractivity contribution in [2.75, 3.05) is 6.54 Å².